The lowest BCUT2D eigenvalue weighted by Crippen LogP contribution is -2.39. The zero-order chi connectivity index (χ0) is 21.7. The number of piperidine rings is 1. The van der Waals surface area contributed by atoms with E-state index in [1.807, 2.05) is 11.6 Å². The van der Waals surface area contributed by atoms with Crippen LogP contribution in [0.1, 0.15) is 50.8 Å². The zero-order valence-corrected chi connectivity index (χ0v) is 18.3. The molecule has 0 bridgehead atoms. The maximum absolute atomic E-state index is 13.0. The fraction of sp³-hybridized carbons (Fsp3) is 0.714. The number of fused-ring (bicyclic) bond motifs is 1. The molecule has 3 heterocycles. The second kappa shape index (κ2) is 10.1. The number of methoxy groups -OCH3 is 1. The number of nitrogens with one attached hydrogen (secondary N) is 1. The number of imidazole rings is 1. The molecule has 1 fully saturated rings. The fourth-order valence-electron chi connectivity index (χ4n) is 4.29. The number of unbranched alkanes of at least 4 members (excludes halogenated alkanes) is 2. The monoisotopic (exact) mass is 419 g/mol. The third-order valence-electron chi connectivity index (χ3n) is 6.17. The maximum Gasteiger partial charge on any atom is 0.332 e. The van der Waals surface area contributed by atoms with E-state index >= 15 is 0 Å². The molecular weight excluding hydrogens is 386 g/mol. The van der Waals surface area contributed by atoms with E-state index in [2.05, 4.69) is 15.0 Å². The van der Waals surface area contributed by atoms with Crippen LogP contribution in [0.25, 0.3) is 11.2 Å². The van der Waals surface area contributed by atoms with Gasteiger partial charge in [0.15, 0.2) is 5.52 Å². The highest BCUT2D eigenvalue weighted by Crippen LogP contribution is 2.19. The van der Waals surface area contributed by atoms with Gasteiger partial charge in [0.25, 0.3) is 5.56 Å². The number of carbonyl (C=O) groups is 1. The Morgan fingerprint density at radius 3 is 2.57 bits per heavy atom. The van der Waals surface area contributed by atoms with Crippen LogP contribution in [0, 0.1) is 5.92 Å². The van der Waals surface area contributed by atoms with Crippen molar-refractivity contribution in [1.29, 1.82) is 0 Å². The van der Waals surface area contributed by atoms with E-state index in [-0.39, 0.29) is 17.2 Å². The largest absolute Gasteiger partial charge is 0.469 e. The van der Waals surface area contributed by atoms with E-state index < -0.39 is 0 Å². The average molecular weight is 420 g/mol. The molecule has 2 aromatic rings. The quantitative estimate of drug-likeness (QED) is 0.483. The van der Waals surface area contributed by atoms with E-state index in [4.69, 9.17) is 0 Å². The van der Waals surface area contributed by atoms with Crippen LogP contribution in [0.4, 0.5) is 0 Å². The Morgan fingerprint density at radius 1 is 1.13 bits per heavy atom. The molecule has 9 nitrogen and oxygen atoms in total. The van der Waals surface area contributed by atoms with E-state index in [0.717, 1.165) is 38.2 Å². The zero-order valence-electron chi connectivity index (χ0n) is 18.3. The SMILES string of the molecule is COC(=O)CCCCCn1c(=O)c2nc(CCC3CCNCC3)n(C)c2n(C)c1=O. The van der Waals surface area contributed by atoms with Crippen molar-refractivity contribution in [3.63, 3.8) is 0 Å². The molecule has 1 aliphatic heterocycles. The summed E-state index contributed by atoms with van der Waals surface area (Å²) in [5, 5.41) is 3.38. The third-order valence-corrected chi connectivity index (χ3v) is 6.17. The molecule has 0 saturated carbocycles. The summed E-state index contributed by atoms with van der Waals surface area (Å²) in [7, 11) is 4.94. The van der Waals surface area contributed by atoms with Crippen molar-refractivity contribution < 1.29 is 9.53 Å². The number of esters is 1. The van der Waals surface area contributed by atoms with Gasteiger partial charge in [-0.25, -0.2) is 9.78 Å². The molecule has 1 N–H and O–H groups in total. The predicted molar refractivity (Wildman–Crippen MR) is 115 cm³/mol. The molecule has 0 aliphatic carbocycles. The van der Waals surface area contributed by atoms with Gasteiger partial charge in [-0.15, -0.1) is 0 Å². The van der Waals surface area contributed by atoms with Crippen molar-refractivity contribution in [3.05, 3.63) is 26.7 Å². The summed E-state index contributed by atoms with van der Waals surface area (Å²) >= 11 is 0. The third kappa shape index (κ3) is 4.83. The first-order chi connectivity index (χ1) is 14.4. The number of carbonyl (C=O) groups excluding carboxylic acids is 1. The van der Waals surface area contributed by atoms with Crippen LogP contribution in [0.3, 0.4) is 0 Å². The van der Waals surface area contributed by atoms with Crippen LogP contribution >= 0.6 is 0 Å². The molecule has 3 rings (SSSR count). The summed E-state index contributed by atoms with van der Waals surface area (Å²) in [5.41, 5.74) is 0.278. The van der Waals surface area contributed by atoms with Crippen molar-refractivity contribution in [3.8, 4) is 0 Å². The molecule has 2 aromatic heterocycles. The second-order valence-corrected chi connectivity index (χ2v) is 8.18. The summed E-state index contributed by atoms with van der Waals surface area (Å²) in [4.78, 5) is 41.6. The Labute approximate surface area is 176 Å². The predicted octanol–water partition coefficient (Wildman–Crippen LogP) is 1.10. The lowest BCUT2D eigenvalue weighted by Gasteiger charge is -2.22. The number of hydrogen-bond donors (Lipinski definition) is 1. The minimum absolute atomic E-state index is 0.241. The summed E-state index contributed by atoms with van der Waals surface area (Å²) in [6, 6.07) is 0. The molecule has 0 radical (unpaired) electrons. The van der Waals surface area contributed by atoms with E-state index in [1.165, 1.54) is 29.1 Å². The minimum atomic E-state index is -0.329. The molecule has 30 heavy (non-hydrogen) atoms. The van der Waals surface area contributed by atoms with E-state index in [9.17, 15) is 14.4 Å². The van der Waals surface area contributed by atoms with Crippen molar-refractivity contribution in [2.24, 2.45) is 20.0 Å². The van der Waals surface area contributed by atoms with Gasteiger partial charge < -0.3 is 14.6 Å². The van der Waals surface area contributed by atoms with Crippen molar-refractivity contribution in [2.45, 2.75) is 57.9 Å². The number of ether oxygens (including phenoxy) is 1. The first-order valence-electron chi connectivity index (χ1n) is 10.9. The topological polar surface area (TPSA) is 100 Å². The Kier molecular flexibility index (Phi) is 7.47. The first-order valence-corrected chi connectivity index (χ1v) is 10.9. The standard InChI is InChI=1S/C21H33N5O4/c1-24-16(9-8-15-10-12-22-13-11-15)23-18-19(24)25(2)21(29)26(20(18)28)14-6-4-5-7-17(27)30-3/h15,22H,4-14H2,1-3H3. The molecule has 1 saturated heterocycles. The minimum Gasteiger partial charge on any atom is -0.469 e. The van der Waals surface area contributed by atoms with Gasteiger partial charge in [-0.1, -0.05) is 6.42 Å². The highest BCUT2D eigenvalue weighted by molar-refractivity contribution is 5.70. The van der Waals surface area contributed by atoms with Gasteiger partial charge in [-0.05, 0) is 51.1 Å². The molecule has 0 amide bonds. The van der Waals surface area contributed by atoms with Crippen LogP contribution in [0.2, 0.25) is 0 Å². The number of rotatable bonds is 9. The Morgan fingerprint density at radius 2 is 1.87 bits per heavy atom. The van der Waals surface area contributed by atoms with Gasteiger partial charge in [0, 0.05) is 33.5 Å². The lowest BCUT2D eigenvalue weighted by atomic mass is 9.93. The molecule has 1 aliphatic rings. The molecule has 0 atom stereocenters. The molecule has 0 aromatic carbocycles. The van der Waals surface area contributed by atoms with Crippen molar-refractivity contribution in [2.75, 3.05) is 20.2 Å². The fourth-order valence-corrected chi connectivity index (χ4v) is 4.29. The van der Waals surface area contributed by atoms with Gasteiger partial charge in [0.2, 0.25) is 0 Å². The van der Waals surface area contributed by atoms with Gasteiger partial charge in [0.05, 0.1) is 7.11 Å². The van der Waals surface area contributed by atoms with Crippen LogP contribution < -0.4 is 16.6 Å². The second-order valence-electron chi connectivity index (χ2n) is 8.18. The van der Waals surface area contributed by atoms with Crippen LogP contribution in [-0.2, 0) is 36.6 Å². The van der Waals surface area contributed by atoms with E-state index in [0.29, 0.717) is 42.9 Å². The van der Waals surface area contributed by atoms with Gasteiger partial charge in [-0.3, -0.25) is 18.7 Å². The highest BCUT2D eigenvalue weighted by atomic mass is 16.5. The van der Waals surface area contributed by atoms with Gasteiger partial charge >= 0.3 is 11.7 Å². The number of aromatic nitrogens is 4. The number of nitrogens with zero attached hydrogens (tertiary/aromatic N) is 4. The normalized spacial score (nSPS) is 15.0. The van der Waals surface area contributed by atoms with E-state index in [1.54, 1.807) is 7.05 Å². The maximum atomic E-state index is 13.0. The summed E-state index contributed by atoms with van der Waals surface area (Å²) in [6.45, 7) is 2.45. The van der Waals surface area contributed by atoms with Crippen LogP contribution in [0.5, 0.6) is 0 Å². The molecular formula is C21H33N5O4. The Balaban J connectivity index is 1.75. The smallest absolute Gasteiger partial charge is 0.332 e. The molecule has 0 unspecified atom stereocenters. The summed E-state index contributed by atoms with van der Waals surface area (Å²) in [6.07, 6.45) is 6.60. The number of aryl methyl sites for hydroxylation is 3. The molecule has 9 heteroatoms. The molecule has 0 spiro atoms. The highest BCUT2D eigenvalue weighted by Gasteiger charge is 2.20. The Hall–Kier alpha value is -2.42. The van der Waals surface area contributed by atoms with Crippen LogP contribution in [-0.4, -0.2) is 44.9 Å². The number of hydrogen-bond acceptors (Lipinski definition) is 6. The van der Waals surface area contributed by atoms with Crippen molar-refractivity contribution in [1.82, 2.24) is 24.0 Å². The molecule has 166 valence electrons. The average Bonchev–Trinajstić information content (AvgIpc) is 3.09. The lowest BCUT2D eigenvalue weighted by molar-refractivity contribution is -0.140. The van der Waals surface area contributed by atoms with Crippen molar-refractivity contribution >= 4 is 17.1 Å². The van der Waals surface area contributed by atoms with Gasteiger partial charge in [0.1, 0.15) is 11.5 Å². The van der Waals surface area contributed by atoms with Gasteiger partial charge in [-0.2, -0.15) is 0 Å². The summed E-state index contributed by atoms with van der Waals surface area (Å²) < 4.78 is 9.30. The first kappa shape index (κ1) is 22.3. The Bertz CT molecular complexity index is 997. The summed E-state index contributed by atoms with van der Waals surface area (Å²) in [5.74, 6) is 1.29. The van der Waals surface area contributed by atoms with Crippen LogP contribution in [0.15, 0.2) is 9.59 Å².